The first-order chi connectivity index (χ1) is 12.6. The molecule has 0 spiro atoms. The molecule has 0 aliphatic heterocycles. The summed E-state index contributed by atoms with van der Waals surface area (Å²) in [5, 5.41) is 8.49. The van der Waals surface area contributed by atoms with Gasteiger partial charge in [0.05, 0.1) is 6.61 Å². The van der Waals surface area contributed by atoms with Gasteiger partial charge in [-0.1, -0.05) is 77.6 Å². The van der Waals surface area contributed by atoms with E-state index in [1.165, 1.54) is 57.8 Å². The quantitative estimate of drug-likeness (QED) is 0.186. The number of carbonyl (C=O) groups is 3. The number of ketones is 1. The van der Waals surface area contributed by atoms with Crippen molar-refractivity contribution < 1.29 is 24.2 Å². The number of carbonyl (C=O) groups excluding carboxylic acids is 2. The van der Waals surface area contributed by atoms with Gasteiger partial charge in [0.15, 0.2) is 0 Å². The van der Waals surface area contributed by atoms with E-state index in [-0.39, 0.29) is 19.4 Å². The zero-order chi connectivity index (χ0) is 19.5. The molecule has 0 aromatic carbocycles. The topological polar surface area (TPSA) is 80.7 Å². The summed E-state index contributed by atoms with van der Waals surface area (Å²) in [7, 11) is 0. The second-order valence-corrected chi connectivity index (χ2v) is 7.05. The summed E-state index contributed by atoms with van der Waals surface area (Å²) in [5.41, 5.74) is 0. The van der Waals surface area contributed by atoms with Crippen LogP contribution in [-0.2, 0) is 19.1 Å². The number of carboxylic acids is 1. The molecule has 0 rings (SSSR count). The van der Waals surface area contributed by atoms with Crippen molar-refractivity contribution >= 4 is 17.7 Å². The normalized spacial score (nSPS) is 10.7. The molecule has 0 radical (unpaired) electrons. The minimum absolute atomic E-state index is 0.0599. The zero-order valence-electron chi connectivity index (χ0n) is 16.6. The molecule has 152 valence electrons. The first-order valence-corrected chi connectivity index (χ1v) is 10.5. The molecule has 0 aliphatic carbocycles. The molecule has 5 heteroatoms. The fraction of sp³-hybridized carbons (Fsp3) is 0.857. The molecule has 0 atom stereocenters. The molecule has 0 unspecified atom stereocenters. The highest BCUT2D eigenvalue weighted by Crippen LogP contribution is 2.12. The second-order valence-electron chi connectivity index (χ2n) is 7.05. The first kappa shape index (κ1) is 24.6. The maximum absolute atomic E-state index is 11.6. The molecule has 26 heavy (non-hydrogen) atoms. The fourth-order valence-corrected chi connectivity index (χ4v) is 2.85. The molecule has 0 amide bonds. The maximum atomic E-state index is 11.6. The number of aliphatic carboxylic acids is 1. The number of hydrogen-bond donors (Lipinski definition) is 1. The monoisotopic (exact) mass is 370 g/mol. The van der Waals surface area contributed by atoms with Crippen LogP contribution in [0, 0.1) is 0 Å². The summed E-state index contributed by atoms with van der Waals surface area (Å²) in [6, 6.07) is 0. The third kappa shape index (κ3) is 17.4. The van der Waals surface area contributed by atoms with Gasteiger partial charge in [-0.25, -0.2) is 4.79 Å². The van der Waals surface area contributed by atoms with Crippen molar-refractivity contribution in [2.45, 2.75) is 110 Å². The molecule has 0 aliphatic rings. The van der Waals surface area contributed by atoms with Crippen LogP contribution in [0.3, 0.4) is 0 Å². The van der Waals surface area contributed by atoms with Crippen LogP contribution in [0.15, 0.2) is 0 Å². The lowest BCUT2D eigenvalue weighted by Crippen LogP contribution is -2.17. The van der Waals surface area contributed by atoms with E-state index in [2.05, 4.69) is 6.92 Å². The lowest BCUT2D eigenvalue weighted by molar-refractivity contribution is -0.154. The smallest absolute Gasteiger partial charge is 0.374 e. The maximum Gasteiger partial charge on any atom is 0.374 e. The van der Waals surface area contributed by atoms with Crippen LogP contribution in [0.4, 0.5) is 0 Å². The standard InChI is InChI=1S/C21H38O5/c1-2-3-4-5-6-7-8-9-10-11-12-13-16-19(22)21(25)26-18-15-14-17-20(23)24/h2-18H2,1H3,(H,23,24). The van der Waals surface area contributed by atoms with Crippen LogP contribution in [0.2, 0.25) is 0 Å². The van der Waals surface area contributed by atoms with Crippen LogP contribution in [0.25, 0.3) is 0 Å². The van der Waals surface area contributed by atoms with Gasteiger partial charge < -0.3 is 9.84 Å². The van der Waals surface area contributed by atoms with Gasteiger partial charge in [-0.3, -0.25) is 9.59 Å². The molecule has 0 fully saturated rings. The van der Waals surface area contributed by atoms with Gasteiger partial charge in [-0.15, -0.1) is 0 Å². The Balaban J connectivity index is 3.34. The Morgan fingerprint density at radius 3 is 1.62 bits per heavy atom. The van der Waals surface area contributed by atoms with E-state index < -0.39 is 17.7 Å². The minimum Gasteiger partial charge on any atom is -0.481 e. The van der Waals surface area contributed by atoms with Crippen molar-refractivity contribution in [2.75, 3.05) is 6.61 Å². The molecule has 0 aromatic heterocycles. The zero-order valence-corrected chi connectivity index (χ0v) is 16.6. The fourth-order valence-electron chi connectivity index (χ4n) is 2.85. The number of Topliss-reactive ketones (excluding diaryl/α,β-unsaturated/α-hetero) is 1. The van der Waals surface area contributed by atoms with E-state index in [1.54, 1.807) is 0 Å². The number of unbranched alkanes of at least 4 members (excludes halogenated alkanes) is 12. The summed E-state index contributed by atoms with van der Waals surface area (Å²) in [5.74, 6) is -2.10. The van der Waals surface area contributed by atoms with Crippen molar-refractivity contribution in [3.63, 3.8) is 0 Å². The Hall–Kier alpha value is -1.39. The Bertz CT molecular complexity index is 379. The van der Waals surface area contributed by atoms with Crippen molar-refractivity contribution in [1.82, 2.24) is 0 Å². The third-order valence-electron chi connectivity index (χ3n) is 4.50. The average molecular weight is 371 g/mol. The van der Waals surface area contributed by atoms with Crippen molar-refractivity contribution in [2.24, 2.45) is 0 Å². The number of esters is 1. The molecule has 5 nitrogen and oxygen atoms in total. The van der Waals surface area contributed by atoms with Crippen molar-refractivity contribution in [3.05, 3.63) is 0 Å². The van der Waals surface area contributed by atoms with E-state index in [4.69, 9.17) is 9.84 Å². The highest BCUT2D eigenvalue weighted by Gasteiger charge is 2.14. The molecule has 0 heterocycles. The summed E-state index contributed by atoms with van der Waals surface area (Å²) in [6.45, 7) is 2.36. The number of ether oxygens (including phenoxy) is 1. The first-order valence-electron chi connectivity index (χ1n) is 10.5. The highest BCUT2D eigenvalue weighted by atomic mass is 16.5. The van der Waals surface area contributed by atoms with Crippen LogP contribution in [-0.4, -0.2) is 29.4 Å². The lowest BCUT2D eigenvalue weighted by atomic mass is 10.0. The molecule has 0 saturated carbocycles. The second kappa shape index (κ2) is 18.4. The summed E-state index contributed by atoms with van der Waals surface area (Å²) in [4.78, 5) is 33.4. The predicted molar refractivity (Wildman–Crippen MR) is 103 cm³/mol. The van der Waals surface area contributed by atoms with Crippen molar-refractivity contribution in [1.29, 1.82) is 0 Å². The number of rotatable bonds is 19. The molecule has 0 saturated heterocycles. The average Bonchev–Trinajstić information content (AvgIpc) is 2.61. The minimum atomic E-state index is -0.862. The molecular weight excluding hydrogens is 332 g/mol. The highest BCUT2D eigenvalue weighted by molar-refractivity contribution is 6.33. The van der Waals surface area contributed by atoms with Gasteiger partial charge in [0.2, 0.25) is 5.78 Å². The number of carboxylic acid groups (broad SMARTS) is 1. The lowest BCUT2D eigenvalue weighted by Gasteiger charge is -2.04. The van der Waals surface area contributed by atoms with Crippen molar-refractivity contribution in [3.8, 4) is 0 Å². The van der Waals surface area contributed by atoms with Crippen LogP contribution < -0.4 is 0 Å². The van der Waals surface area contributed by atoms with Crippen LogP contribution in [0.1, 0.15) is 110 Å². The van der Waals surface area contributed by atoms with Crippen LogP contribution in [0.5, 0.6) is 0 Å². The van der Waals surface area contributed by atoms with Crippen LogP contribution >= 0.6 is 0 Å². The summed E-state index contributed by atoms with van der Waals surface area (Å²) >= 11 is 0. The van der Waals surface area contributed by atoms with E-state index in [1.807, 2.05) is 0 Å². The summed E-state index contributed by atoms with van der Waals surface area (Å²) < 4.78 is 4.86. The number of hydrogen-bond acceptors (Lipinski definition) is 4. The molecule has 1 N–H and O–H groups in total. The van der Waals surface area contributed by atoms with E-state index >= 15 is 0 Å². The Kier molecular flexibility index (Phi) is 17.4. The van der Waals surface area contributed by atoms with E-state index in [0.29, 0.717) is 12.8 Å². The van der Waals surface area contributed by atoms with E-state index in [9.17, 15) is 14.4 Å². The van der Waals surface area contributed by atoms with Gasteiger partial charge in [0.25, 0.3) is 0 Å². The Morgan fingerprint density at radius 2 is 1.12 bits per heavy atom. The third-order valence-corrected chi connectivity index (χ3v) is 4.50. The van der Waals surface area contributed by atoms with Gasteiger partial charge >= 0.3 is 11.9 Å². The predicted octanol–water partition coefficient (Wildman–Crippen LogP) is 5.44. The largest absolute Gasteiger partial charge is 0.481 e. The molecule has 0 aromatic rings. The van der Waals surface area contributed by atoms with Gasteiger partial charge in [-0.2, -0.15) is 0 Å². The van der Waals surface area contributed by atoms with Gasteiger partial charge in [0.1, 0.15) is 0 Å². The Morgan fingerprint density at radius 1 is 0.654 bits per heavy atom. The molecule has 0 bridgehead atoms. The van der Waals surface area contributed by atoms with E-state index in [0.717, 1.165) is 19.3 Å². The summed E-state index contributed by atoms with van der Waals surface area (Å²) in [6.07, 6.45) is 15.9. The SMILES string of the molecule is CCCCCCCCCCCCCCC(=O)C(=O)OCCCCC(=O)O. The Labute approximate surface area is 158 Å². The molecular formula is C21H38O5. The van der Waals surface area contributed by atoms with Gasteiger partial charge in [-0.05, 0) is 19.3 Å². The van der Waals surface area contributed by atoms with Gasteiger partial charge in [0, 0.05) is 12.8 Å².